The van der Waals surface area contributed by atoms with E-state index in [2.05, 4.69) is 57.2 Å². The first kappa shape index (κ1) is 44.1. The lowest BCUT2D eigenvalue weighted by Crippen LogP contribution is -2.28. The van der Waals surface area contributed by atoms with E-state index in [0.29, 0.717) is 12.8 Å². The van der Waals surface area contributed by atoms with Crippen LogP contribution in [0.25, 0.3) is 0 Å². The molecule has 1 N–H and O–H groups in total. The van der Waals surface area contributed by atoms with Crippen LogP contribution in [0.15, 0.2) is 36.5 Å². The number of hydrogen-bond donors (Lipinski definition) is 1. The first-order valence-electron chi connectivity index (χ1n) is 20.0. The second-order valence-electron chi connectivity index (χ2n) is 14.2. The number of aliphatic hydroxyl groups is 1. The Kier molecular flexibility index (Phi) is 29.7. The standard InChI is InChI=1S/C42H74O6/c1-4-5-6-7-8-9-10-15-18-21-24-27-31-39-40(48-39)32-29-34-42(45)47-38(35-43)36-46-41(44)33-28-25-22-19-16-13-11-12-14-17-20-23-26-30-37(2)3/h8-9,15,18,24,27,37-40,43H,4-7,10-14,16-17,19-23,25-26,28-36H2,1-3H3/b9-8-,18-15-,27-24-/t38-,39?,40?/m0/s1. The van der Waals surface area contributed by atoms with Crippen LogP contribution in [-0.4, -0.2) is 48.6 Å². The van der Waals surface area contributed by atoms with Crippen LogP contribution >= 0.6 is 0 Å². The molecule has 6 heteroatoms. The van der Waals surface area contributed by atoms with Gasteiger partial charge >= 0.3 is 11.9 Å². The molecule has 0 bridgehead atoms. The molecule has 3 atom stereocenters. The molecule has 0 radical (unpaired) electrons. The van der Waals surface area contributed by atoms with Crippen LogP contribution in [0.3, 0.4) is 0 Å². The quantitative estimate of drug-likeness (QED) is 0.0316. The van der Waals surface area contributed by atoms with Crippen LogP contribution in [0.2, 0.25) is 0 Å². The van der Waals surface area contributed by atoms with E-state index in [1.54, 1.807) is 0 Å². The zero-order valence-electron chi connectivity index (χ0n) is 31.4. The van der Waals surface area contributed by atoms with Crippen molar-refractivity contribution in [3.05, 3.63) is 36.5 Å². The minimum Gasteiger partial charge on any atom is -0.462 e. The first-order chi connectivity index (χ1) is 23.5. The van der Waals surface area contributed by atoms with Gasteiger partial charge in [-0.25, -0.2) is 0 Å². The number of carbonyl (C=O) groups excluding carboxylic acids is 2. The zero-order chi connectivity index (χ0) is 34.9. The van der Waals surface area contributed by atoms with Crippen LogP contribution in [-0.2, 0) is 23.8 Å². The molecule has 1 aliphatic heterocycles. The summed E-state index contributed by atoms with van der Waals surface area (Å²) in [5.74, 6) is 0.177. The van der Waals surface area contributed by atoms with Crippen LogP contribution in [0.4, 0.5) is 0 Å². The Balaban J connectivity index is 1.93. The van der Waals surface area contributed by atoms with E-state index in [1.165, 1.54) is 96.3 Å². The lowest BCUT2D eigenvalue weighted by atomic mass is 10.0. The summed E-state index contributed by atoms with van der Waals surface area (Å²) < 4.78 is 16.3. The molecular formula is C42H74O6. The Morgan fingerprint density at radius 1 is 0.667 bits per heavy atom. The minimum absolute atomic E-state index is 0.0932. The summed E-state index contributed by atoms with van der Waals surface area (Å²) in [4.78, 5) is 24.4. The molecule has 0 spiro atoms. The molecule has 6 nitrogen and oxygen atoms in total. The van der Waals surface area contributed by atoms with E-state index in [9.17, 15) is 14.7 Å². The average molecular weight is 675 g/mol. The summed E-state index contributed by atoms with van der Waals surface area (Å²) >= 11 is 0. The summed E-state index contributed by atoms with van der Waals surface area (Å²) in [6.07, 6.45) is 40.8. The maximum absolute atomic E-state index is 12.2. The third-order valence-corrected chi connectivity index (χ3v) is 9.04. The van der Waals surface area contributed by atoms with Gasteiger partial charge in [-0.1, -0.05) is 154 Å². The fraction of sp³-hybridized carbons (Fsp3) is 0.810. The number of unbranched alkanes of at least 4 members (excludes halogenated alkanes) is 15. The Labute approximate surface area is 295 Å². The number of aliphatic hydroxyl groups excluding tert-OH is 1. The molecule has 1 rings (SSSR count). The van der Waals surface area contributed by atoms with Gasteiger partial charge in [0.25, 0.3) is 0 Å². The van der Waals surface area contributed by atoms with Crippen LogP contribution in [0.5, 0.6) is 0 Å². The molecule has 1 fully saturated rings. The smallest absolute Gasteiger partial charge is 0.306 e. The van der Waals surface area contributed by atoms with Gasteiger partial charge in [0.15, 0.2) is 6.10 Å². The van der Waals surface area contributed by atoms with Gasteiger partial charge in [0.1, 0.15) is 6.61 Å². The molecule has 2 unspecified atom stereocenters. The number of epoxide rings is 1. The summed E-state index contributed by atoms with van der Waals surface area (Å²) in [7, 11) is 0. The highest BCUT2D eigenvalue weighted by molar-refractivity contribution is 5.70. The van der Waals surface area contributed by atoms with Crippen molar-refractivity contribution in [2.45, 2.75) is 200 Å². The van der Waals surface area contributed by atoms with Gasteiger partial charge in [-0.2, -0.15) is 0 Å². The van der Waals surface area contributed by atoms with Crippen molar-refractivity contribution in [2.24, 2.45) is 5.92 Å². The second-order valence-corrected chi connectivity index (χ2v) is 14.2. The zero-order valence-corrected chi connectivity index (χ0v) is 31.4. The first-order valence-corrected chi connectivity index (χ1v) is 20.0. The number of esters is 2. The molecule has 1 saturated heterocycles. The average Bonchev–Trinajstić information content (AvgIpc) is 3.82. The topological polar surface area (TPSA) is 85.4 Å². The molecule has 0 amide bonds. The van der Waals surface area contributed by atoms with Crippen molar-refractivity contribution >= 4 is 11.9 Å². The Morgan fingerprint density at radius 3 is 1.83 bits per heavy atom. The third-order valence-electron chi connectivity index (χ3n) is 9.04. The van der Waals surface area contributed by atoms with E-state index in [1.807, 2.05) is 0 Å². The van der Waals surface area contributed by atoms with E-state index in [0.717, 1.165) is 50.9 Å². The fourth-order valence-electron chi connectivity index (χ4n) is 5.88. The van der Waals surface area contributed by atoms with Crippen molar-refractivity contribution in [2.75, 3.05) is 13.2 Å². The molecule has 1 aliphatic rings. The number of ether oxygens (including phenoxy) is 3. The lowest BCUT2D eigenvalue weighted by molar-refractivity contribution is -0.161. The SMILES string of the molecule is CCCCC/C=C\C/C=C\C/C=C\CC1OC1CCCC(=O)O[C@@H](CO)COC(=O)CCCCCCCCCCCCCCCC(C)C. The number of hydrogen-bond acceptors (Lipinski definition) is 6. The van der Waals surface area contributed by atoms with Gasteiger partial charge in [-0.3, -0.25) is 9.59 Å². The molecular weight excluding hydrogens is 600 g/mol. The van der Waals surface area contributed by atoms with Gasteiger partial charge in [-0.05, 0) is 57.3 Å². The van der Waals surface area contributed by atoms with Crippen LogP contribution in [0, 0.1) is 5.92 Å². The molecule has 278 valence electrons. The molecule has 0 aliphatic carbocycles. The van der Waals surface area contributed by atoms with E-state index in [4.69, 9.17) is 14.2 Å². The Bertz CT molecular complexity index is 847. The molecule has 48 heavy (non-hydrogen) atoms. The third kappa shape index (κ3) is 29.0. The largest absolute Gasteiger partial charge is 0.462 e. The summed E-state index contributed by atoms with van der Waals surface area (Å²) in [6.45, 7) is 6.40. The molecule has 0 saturated carbocycles. The van der Waals surface area contributed by atoms with E-state index < -0.39 is 6.10 Å². The van der Waals surface area contributed by atoms with E-state index >= 15 is 0 Å². The van der Waals surface area contributed by atoms with Crippen molar-refractivity contribution in [3.63, 3.8) is 0 Å². The van der Waals surface area contributed by atoms with Gasteiger partial charge in [0.2, 0.25) is 0 Å². The summed E-state index contributed by atoms with van der Waals surface area (Å²) in [5.41, 5.74) is 0. The monoisotopic (exact) mass is 675 g/mol. The lowest BCUT2D eigenvalue weighted by Gasteiger charge is -2.15. The maximum Gasteiger partial charge on any atom is 0.306 e. The van der Waals surface area contributed by atoms with Crippen molar-refractivity contribution in [1.82, 2.24) is 0 Å². The minimum atomic E-state index is -0.808. The summed E-state index contributed by atoms with van der Waals surface area (Å²) in [5, 5.41) is 9.58. The molecule has 1 heterocycles. The molecule has 0 aromatic carbocycles. The van der Waals surface area contributed by atoms with Crippen molar-refractivity contribution in [3.8, 4) is 0 Å². The predicted molar refractivity (Wildman–Crippen MR) is 200 cm³/mol. The maximum atomic E-state index is 12.2. The number of allylic oxidation sites excluding steroid dienone is 5. The van der Waals surface area contributed by atoms with Gasteiger partial charge in [0, 0.05) is 12.8 Å². The van der Waals surface area contributed by atoms with Crippen LogP contribution < -0.4 is 0 Å². The Hall–Kier alpha value is -1.92. The highest BCUT2D eigenvalue weighted by Crippen LogP contribution is 2.30. The molecule has 0 aromatic rings. The van der Waals surface area contributed by atoms with Crippen molar-refractivity contribution < 1.29 is 28.9 Å². The number of rotatable bonds is 34. The van der Waals surface area contributed by atoms with Crippen molar-refractivity contribution in [1.29, 1.82) is 0 Å². The normalized spacial score (nSPS) is 16.9. The second kappa shape index (κ2) is 32.3. The Morgan fingerprint density at radius 2 is 1.23 bits per heavy atom. The molecule has 0 aromatic heterocycles. The van der Waals surface area contributed by atoms with Crippen LogP contribution in [0.1, 0.15) is 181 Å². The van der Waals surface area contributed by atoms with Gasteiger partial charge in [0.05, 0.1) is 18.8 Å². The highest BCUT2D eigenvalue weighted by Gasteiger charge is 2.36. The highest BCUT2D eigenvalue weighted by atomic mass is 16.6. The van der Waals surface area contributed by atoms with Gasteiger partial charge < -0.3 is 19.3 Å². The number of carbonyl (C=O) groups is 2. The van der Waals surface area contributed by atoms with E-state index in [-0.39, 0.29) is 43.8 Å². The predicted octanol–water partition coefficient (Wildman–Crippen LogP) is 11.3. The van der Waals surface area contributed by atoms with Gasteiger partial charge in [-0.15, -0.1) is 0 Å². The summed E-state index contributed by atoms with van der Waals surface area (Å²) in [6, 6.07) is 0. The fourth-order valence-corrected chi connectivity index (χ4v) is 5.88.